The molecule has 2 aromatic heterocycles. The molecule has 0 radical (unpaired) electrons. The molecule has 3 N–H and O–H groups in total. The van der Waals surface area contributed by atoms with Gasteiger partial charge in [0.05, 0.1) is 29.3 Å². The number of carbonyl (C=O) groups is 2. The average Bonchev–Trinajstić information content (AvgIpc) is 3.38. The Labute approximate surface area is 200 Å². The summed E-state index contributed by atoms with van der Waals surface area (Å²) in [6.07, 6.45) is 2.96. The number of nitrogens with zero attached hydrogens (tertiary/aromatic N) is 3. The van der Waals surface area contributed by atoms with Gasteiger partial charge in [-0.2, -0.15) is 0 Å². The number of aliphatic hydroxyl groups is 1. The molecular weight excluding hydrogens is 448 g/mol. The number of aromatic hydroxyl groups is 1. The maximum atomic E-state index is 13.3. The van der Waals surface area contributed by atoms with E-state index in [1.54, 1.807) is 31.2 Å². The Hall–Kier alpha value is -4.66. The first-order valence-electron chi connectivity index (χ1n) is 11.0. The van der Waals surface area contributed by atoms with Crippen molar-refractivity contribution in [1.29, 1.82) is 0 Å². The van der Waals surface area contributed by atoms with Crippen LogP contribution in [-0.2, 0) is 9.59 Å². The van der Waals surface area contributed by atoms with Gasteiger partial charge in [-0.15, -0.1) is 0 Å². The summed E-state index contributed by atoms with van der Waals surface area (Å²) in [6, 6.07) is 12.2. The first-order valence-corrected chi connectivity index (χ1v) is 11.0. The lowest BCUT2D eigenvalue weighted by Gasteiger charge is -2.23. The number of phenolic OH excluding ortho intramolecular Hbond substituents is 1. The van der Waals surface area contributed by atoms with E-state index in [4.69, 9.17) is 4.74 Å². The molecule has 0 aliphatic carbocycles. The number of aromatic nitrogens is 3. The maximum absolute atomic E-state index is 13.3. The van der Waals surface area contributed by atoms with Crippen molar-refractivity contribution in [3.63, 3.8) is 0 Å². The van der Waals surface area contributed by atoms with Gasteiger partial charge < -0.3 is 19.9 Å². The summed E-state index contributed by atoms with van der Waals surface area (Å²) < 4.78 is 5.52. The first-order chi connectivity index (χ1) is 16.9. The van der Waals surface area contributed by atoms with E-state index in [0.29, 0.717) is 28.8 Å². The lowest BCUT2D eigenvalue weighted by atomic mass is 9.95. The van der Waals surface area contributed by atoms with Crippen LogP contribution in [-0.4, -0.2) is 43.5 Å². The van der Waals surface area contributed by atoms with Crippen LogP contribution in [0.4, 0.5) is 5.95 Å². The minimum absolute atomic E-state index is 0.0825. The Morgan fingerprint density at radius 1 is 1.11 bits per heavy atom. The third kappa shape index (κ3) is 3.76. The number of benzene rings is 2. The quantitative estimate of drug-likeness (QED) is 0.228. The van der Waals surface area contributed by atoms with Crippen molar-refractivity contribution in [3.05, 3.63) is 83.2 Å². The monoisotopic (exact) mass is 470 g/mol. The van der Waals surface area contributed by atoms with Crippen molar-refractivity contribution in [3.8, 4) is 11.5 Å². The molecule has 1 aliphatic rings. The van der Waals surface area contributed by atoms with Crippen molar-refractivity contribution in [2.75, 3.05) is 11.5 Å². The molecule has 4 aromatic rings. The van der Waals surface area contributed by atoms with E-state index in [0.717, 1.165) is 5.56 Å². The van der Waals surface area contributed by atoms with Gasteiger partial charge in [0, 0.05) is 18.0 Å². The normalized spacial score (nSPS) is 17.3. The average molecular weight is 470 g/mol. The number of hydrogen-bond donors (Lipinski definition) is 3. The smallest absolute Gasteiger partial charge is 0.302 e. The second-order valence-electron chi connectivity index (χ2n) is 8.15. The number of H-pyrrole nitrogens is 1. The fourth-order valence-electron chi connectivity index (χ4n) is 4.23. The predicted molar refractivity (Wildman–Crippen MR) is 129 cm³/mol. The number of nitrogens with one attached hydrogen (secondary N) is 1. The summed E-state index contributed by atoms with van der Waals surface area (Å²) in [5, 5.41) is 21.4. The largest absolute Gasteiger partial charge is 0.507 e. The van der Waals surface area contributed by atoms with E-state index in [9.17, 15) is 19.8 Å². The number of anilines is 1. The van der Waals surface area contributed by atoms with Gasteiger partial charge in [0.25, 0.3) is 5.78 Å². The minimum Gasteiger partial charge on any atom is -0.507 e. The molecular formula is C26H22N4O5. The Morgan fingerprint density at radius 2 is 1.89 bits per heavy atom. The molecule has 3 heterocycles. The summed E-state index contributed by atoms with van der Waals surface area (Å²) in [6.45, 7) is 4.02. The van der Waals surface area contributed by atoms with E-state index in [1.165, 1.54) is 23.4 Å². The number of carbonyl (C=O) groups excluding carboxylic acids is 2. The molecule has 1 amide bonds. The van der Waals surface area contributed by atoms with Crippen LogP contribution in [0.15, 0.2) is 66.5 Å². The third-order valence-electron chi connectivity index (χ3n) is 5.85. The lowest BCUT2D eigenvalue weighted by molar-refractivity contribution is -0.132. The number of imidazole rings is 1. The Kier molecular flexibility index (Phi) is 5.44. The van der Waals surface area contributed by atoms with Gasteiger partial charge >= 0.3 is 5.91 Å². The highest BCUT2D eigenvalue weighted by molar-refractivity contribution is 6.51. The van der Waals surface area contributed by atoms with E-state index in [2.05, 4.69) is 15.0 Å². The summed E-state index contributed by atoms with van der Waals surface area (Å²) >= 11 is 0. The zero-order valence-electron chi connectivity index (χ0n) is 19.0. The van der Waals surface area contributed by atoms with Crippen LogP contribution in [0.1, 0.15) is 29.7 Å². The molecule has 176 valence electrons. The molecule has 1 fully saturated rings. The number of ketones is 1. The molecule has 1 atom stereocenters. The predicted octanol–water partition coefficient (Wildman–Crippen LogP) is 4.00. The van der Waals surface area contributed by atoms with Gasteiger partial charge in [-0.3, -0.25) is 19.5 Å². The van der Waals surface area contributed by atoms with E-state index in [1.807, 2.05) is 25.1 Å². The van der Waals surface area contributed by atoms with Gasteiger partial charge in [-0.05, 0) is 61.4 Å². The molecule has 1 unspecified atom stereocenters. The molecule has 0 spiro atoms. The molecule has 1 aliphatic heterocycles. The van der Waals surface area contributed by atoms with Crippen LogP contribution in [0.25, 0.3) is 16.8 Å². The van der Waals surface area contributed by atoms with Gasteiger partial charge in [0.15, 0.2) is 11.5 Å². The highest BCUT2D eigenvalue weighted by atomic mass is 16.5. The van der Waals surface area contributed by atoms with Crippen molar-refractivity contribution < 1.29 is 24.5 Å². The fraction of sp³-hybridized carbons (Fsp3) is 0.154. The Bertz CT molecular complexity index is 1490. The Balaban J connectivity index is 1.74. The second kappa shape index (κ2) is 8.60. The van der Waals surface area contributed by atoms with Crippen molar-refractivity contribution in [2.45, 2.75) is 19.9 Å². The van der Waals surface area contributed by atoms with Crippen LogP contribution in [0.3, 0.4) is 0 Å². The van der Waals surface area contributed by atoms with Gasteiger partial charge in [0.1, 0.15) is 5.76 Å². The topological polar surface area (TPSA) is 129 Å². The minimum atomic E-state index is -1.02. The summed E-state index contributed by atoms with van der Waals surface area (Å²) in [5.41, 5.74) is 3.02. The van der Waals surface area contributed by atoms with Crippen LogP contribution < -0.4 is 9.64 Å². The highest BCUT2D eigenvalue weighted by Crippen LogP contribution is 2.43. The molecule has 1 saturated heterocycles. The number of aromatic amines is 1. The molecule has 9 heteroatoms. The van der Waals surface area contributed by atoms with Crippen LogP contribution in [0.2, 0.25) is 0 Å². The van der Waals surface area contributed by atoms with Gasteiger partial charge in [-0.1, -0.05) is 12.1 Å². The molecule has 2 aromatic carbocycles. The molecule has 0 saturated carbocycles. The van der Waals surface area contributed by atoms with Gasteiger partial charge in [0.2, 0.25) is 5.95 Å². The van der Waals surface area contributed by atoms with Crippen LogP contribution in [0, 0.1) is 6.92 Å². The maximum Gasteiger partial charge on any atom is 0.302 e. The molecule has 9 nitrogen and oxygen atoms in total. The summed E-state index contributed by atoms with van der Waals surface area (Å²) in [4.78, 5) is 39.5. The fourth-order valence-corrected chi connectivity index (χ4v) is 4.23. The number of aliphatic hydroxyl groups excluding tert-OH is 1. The van der Waals surface area contributed by atoms with E-state index in [-0.39, 0.29) is 28.8 Å². The highest BCUT2D eigenvalue weighted by Gasteiger charge is 2.48. The van der Waals surface area contributed by atoms with Crippen LogP contribution in [0.5, 0.6) is 11.5 Å². The number of aryl methyl sites for hydroxylation is 1. The number of hydrogen-bond acceptors (Lipinski definition) is 7. The molecule has 35 heavy (non-hydrogen) atoms. The van der Waals surface area contributed by atoms with Crippen molar-refractivity contribution in [2.24, 2.45) is 0 Å². The lowest BCUT2D eigenvalue weighted by Crippen LogP contribution is -2.30. The number of fused-ring (bicyclic) bond motifs is 1. The number of ether oxygens (including phenoxy) is 1. The molecule has 0 bridgehead atoms. The van der Waals surface area contributed by atoms with Crippen LogP contribution >= 0.6 is 0 Å². The van der Waals surface area contributed by atoms with Crippen molar-refractivity contribution in [1.82, 2.24) is 15.0 Å². The number of Topliss-reactive ketones (excluding diaryl/α,β-unsaturated/α-hetero) is 1. The standard InChI is InChI=1S/C26H22N4O5/c1-3-35-20-13-16(5-7-19(20)31)22-21(23(32)15-8-10-27-11-9-15)24(33)25(34)30(22)26-28-17-6-4-14(2)12-18(17)29-26/h4-13,22,31-32H,3H2,1-2H3,(H,28,29)/b23-21+. The molecule has 5 rings (SSSR count). The zero-order valence-corrected chi connectivity index (χ0v) is 19.0. The Morgan fingerprint density at radius 3 is 2.63 bits per heavy atom. The van der Waals surface area contributed by atoms with E-state index < -0.39 is 17.7 Å². The third-order valence-corrected chi connectivity index (χ3v) is 5.85. The first kappa shape index (κ1) is 22.1. The van der Waals surface area contributed by atoms with Crippen molar-refractivity contribution >= 4 is 34.4 Å². The summed E-state index contributed by atoms with van der Waals surface area (Å²) in [7, 11) is 0. The summed E-state index contributed by atoms with van der Waals surface area (Å²) in [5.74, 6) is -1.76. The number of pyridine rings is 1. The van der Waals surface area contributed by atoms with Gasteiger partial charge in [-0.25, -0.2) is 4.98 Å². The SMILES string of the molecule is CCOc1cc(C2/C(=C(\O)c3ccncc3)C(=O)C(=O)N2c2nc3ccc(C)cc3[nH]2)ccc1O. The number of rotatable bonds is 5. The number of amides is 1. The second-order valence-corrected chi connectivity index (χ2v) is 8.15. The number of phenols is 1. The zero-order chi connectivity index (χ0) is 24.7. The van der Waals surface area contributed by atoms with E-state index >= 15 is 0 Å².